The summed E-state index contributed by atoms with van der Waals surface area (Å²) in [5.74, 6) is 1.38. The molecule has 0 saturated carbocycles. The van der Waals surface area contributed by atoms with Crippen LogP contribution in [0.15, 0.2) is 17.4 Å². The van der Waals surface area contributed by atoms with E-state index in [9.17, 15) is 8.42 Å². The van der Waals surface area contributed by atoms with Gasteiger partial charge in [-0.05, 0) is 6.92 Å². The highest BCUT2D eigenvalue weighted by Gasteiger charge is 2.04. The molecule has 90 valence electrons. The van der Waals surface area contributed by atoms with Crippen LogP contribution in [0, 0.1) is 0 Å². The van der Waals surface area contributed by atoms with Gasteiger partial charge in [0, 0.05) is 18.6 Å². The maximum Gasteiger partial charge on any atom is 0.148 e. The van der Waals surface area contributed by atoms with E-state index in [1.165, 1.54) is 18.0 Å². The number of nitrogens with one attached hydrogen (secondary N) is 1. The van der Waals surface area contributed by atoms with Crippen molar-refractivity contribution in [2.75, 3.05) is 29.6 Å². The predicted molar refractivity (Wildman–Crippen MR) is 66.6 cm³/mol. The smallest absolute Gasteiger partial charge is 0.148 e. The summed E-state index contributed by atoms with van der Waals surface area (Å²) in [7, 11) is -2.90. The van der Waals surface area contributed by atoms with Gasteiger partial charge in [0.1, 0.15) is 20.7 Å². The van der Waals surface area contributed by atoms with Crippen LogP contribution in [0.25, 0.3) is 0 Å². The lowest BCUT2D eigenvalue weighted by Crippen LogP contribution is -2.05. The first-order valence-corrected chi connectivity index (χ1v) is 7.92. The largest absolute Gasteiger partial charge is 0.369 e. The van der Waals surface area contributed by atoms with Crippen LogP contribution in [0.3, 0.4) is 0 Å². The summed E-state index contributed by atoms with van der Waals surface area (Å²) in [6.45, 7) is 2.76. The number of rotatable bonds is 6. The molecule has 1 aromatic heterocycles. The van der Waals surface area contributed by atoms with Crippen LogP contribution in [0.1, 0.15) is 6.92 Å². The number of aromatic nitrogens is 2. The molecule has 16 heavy (non-hydrogen) atoms. The third kappa shape index (κ3) is 5.32. The van der Waals surface area contributed by atoms with Gasteiger partial charge in [0.15, 0.2) is 0 Å². The molecule has 5 nitrogen and oxygen atoms in total. The van der Waals surface area contributed by atoms with Crippen LogP contribution in [-0.4, -0.2) is 42.7 Å². The Morgan fingerprint density at radius 3 is 2.81 bits per heavy atom. The van der Waals surface area contributed by atoms with E-state index in [4.69, 9.17) is 0 Å². The van der Waals surface area contributed by atoms with E-state index in [-0.39, 0.29) is 5.75 Å². The molecule has 0 bridgehead atoms. The van der Waals surface area contributed by atoms with E-state index in [2.05, 4.69) is 15.3 Å². The second kappa shape index (κ2) is 6.05. The molecule has 0 aliphatic rings. The third-order valence-corrected chi connectivity index (χ3v) is 3.78. The fourth-order valence-electron chi connectivity index (χ4n) is 0.982. The SMILES string of the molecule is CCNc1cncc(SCCS(C)(=O)=O)n1. The number of hydrogen-bond donors (Lipinski definition) is 1. The lowest BCUT2D eigenvalue weighted by molar-refractivity contribution is 0.603. The van der Waals surface area contributed by atoms with Crippen molar-refractivity contribution in [1.29, 1.82) is 0 Å². The van der Waals surface area contributed by atoms with Gasteiger partial charge in [-0.3, -0.25) is 4.98 Å². The molecule has 0 saturated heterocycles. The minimum Gasteiger partial charge on any atom is -0.369 e. The monoisotopic (exact) mass is 261 g/mol. The number of sulfone groups is 1. The topological polar surface area (TPSA) is 72.0 Å². The molecule has 0 amide bonds. The summed E-state index contributed by atoms with van der Waals surface area (Å²) >= 11 is 1.39. The lowest BCUT2D eigenvalue weighted by Gasteiger charge is -2.03. The average Bonchev–Trinajstić information content (AvgIpc) is 2.17. The average molecular weight is 261 g/mol. The molecule has 0 atom stereocenters. The molecular formula is C9H15N3O2S2. The summed E-state index contributed by atoms with van der Waals surface area (Å²) in [5.41, 5.74) is 0. The van der Waals surface area contributed by atoms with Gasteiger partial charge in [-0.25, -0.2) is 13.4 Å². The molecular weight excluding hydrogens is 246 g/mol. The fourth-order valence-corrected chi connectivity index (χ4v) is 3.03. The molecule has 1 rings (SSSR count). The standard InChI is InChI=1S/C9H15N3O2S2/c1-3-11-8-6-10-7-9(12-8)15-4-5-16(2,13)14/h6-7H,3-5H2,1-2H3,(H,11,12). The first kappa shape index (κ1) is 13.2. The quantitative estimate of drug-likeness (QED) is 0.772. The predicted octanol–water partition coefficient (Wildman–Crippen LogP) is 1.05. The van der Waals surface area contributed by atoms with E-state index in [1.807, 2.05) is 6.92 Å². The Morgan fingerprint density at radius 1 is 1.44 bits per heavy atom. The molecule has 1 heterocycles. The van der Waals surface area contributed by atoms with Crippen molar-refractivity contribution in [3.05, 3.63) is 12.4 Å². The highest BCUT2D eigenvalue weighted by molar-refractivity contribution is 8.00. The normalized spacial score (nSPS) is 11.4. The minimum absolute atomic E-state index is 0.158. The Kier molecular flexibility index (Phi) is 5.01. The van der Waals surface area contributed by atoms with Gasteiger partial charge in [-0.2, -0.15) is 0 Å². The van der Waals surface area contributed by atoms with Gasteiger partial charge in [-0.15, -0.1) is 11.8 Å². The van der Waals surface area contributed by atoms with Gasteiger partial charge in [0.25, 0.3) is 0 Å². The minimum atomic E-state index is -2.90. The lowest BCUT2D eigenvalue weighted by atomic mass is 10.6. The number of hydrogen-bond acceptors (Lipinski definition) is 6. The summed E-state index contributed by atoms with van der Waals surface area (Å²) in [6.07, 6.45) is 4.51. The maximum atomic E-state index is 10.9. The Hall–Kier alpha value is -0.820. The first-order chi connectivity index (χ1) is 7.51. The molecule has 0 unspecified atom stereocenters. The van der Waals surface area contributed by atoms with Crippen molar-refractivity contribution in [2.45, 2.75) is 11.9 Å². The molecule has 7 heteroatoms. The first-order valence-electron chi connectivity index (χ1n) is 4.87. The second-order valence-corrected chi connectivity index (χ2v) is 6.63. The molecule has 0 radical (unpaired) electrons. The van der Waals surface area contributed by atoms with Crippen LogP contribution in [-0.2, 0) is 9.84 Å². The Labute approximate surface area is 100.0 Å². The number of nitrogens with zero attached hydrogens (tertiary/aromatic N) is 2. The second-order valence-electron chi connectivity index (χ2n) is 3.25. The summed E-state index contributed by atoms with van der Waals surface area (Å²) in [6, 6.07) is 0. The molecule has 1 aromatic rings. The number of anilines is 1. The zero-order chi connectivity index (χ0) is 12.0. The van der Waals surface area contributed by atoms with Gasteiger partial charge >= 0.3 is 0 Å². The van der Waals surface area contributed by atoms with Gasteiger partial charge in [0.05, 0.1) is 18.1 Å². The van der Waals surface area contributed by atoms with Crippen LogP contribution < -0.4 is 5.32 Å². The van der Waals surface area contributed by atoms with E-state index in [1.54, 1.807) is 12.4 Å². The van der Waals surface area contributed by atoms with E-state index < -0.39 is 9.84 Å². The highest BCUT2D eigenvalue weighted by atomic mass is 32.2. The van der Waals surface area contributed by atoms with Crippen LogP contribution in [0.4, 0.5) is 5.82 Å². The van der Waals surface area contributed by atoms with Crippen molar-refractivity contribution in [3.63, 3.8) is 0 Å². The van der Waals surface area contributed by atoms with Crippen molar-refractivity contribution >= 4 is 27.4 Å². The van der Waals surface area contributed by atoms with Crippen molar-refractivity contribution in [3.8, 4) is 0 Å². The van der Waals surface area contributed by atoms with E-state index in [0.717, 1.165) is 11.6 Å². The zero-order valence-electron chi connectivity index (χ0n) is 9.30. The van der Waals surface area contributed by atoms with Crippen LogP contribution in [0.5, 0.6) is 0 Å². The Morgan fingerprint density at radius 2 is 2.19 bits per heavy atom. The third-order valence-electron chi connectivity index (χ3n) is 1.67. The van der Waals surface area contributed by atoms with Crippen LogP contribution >= 0.6 is 11.8 Å². The molecule has 0 aliphatic heterocycles. The van der Waals surface area contributed by atoms with Crippen LogP contribution in [0.2, 0.25) is 0 Å². The fraction of sp³-hybridized carbons (Fsp3) is 0.556. The van der Waals surface area contributed by atoms with Crippen molar-refractivity contribution < 1.29 is 8.42 Å². The highest BCUT2D eigenvalue weighted by Crippen LogP contribution is 2.15. The molecule has 0 fully saturated rings. The van der Waals surface area contributed by atoms with Crippen molar-refractivity contribution in [2.24, 2.45) is 0 Å². The van der Waals surface area contributed by atoms with Gasteiger partial charge < -0.3 is 5.32 Å². The molecule has 0 aliphatic carbocycles. The molecule has 0 spiro atoms. The zero-order valence-corrected chi connectivity index (χ0v) is 10.9. The van der Waals surface area contributed by atoms with Crippen molar-refractivity contribution in [1.82, 2.24) is 9.97 Å². The summed E-state index contributed by atoms with van der Waals surface area (Å²) in [5, 5.41) is 3.79. The van der Waals surface area contributed by atoms with E-state index >= 15 is 0 Å². The van der Waals surface area contributed by atoms with E-state index in [0.29, 0.717) is 11.6 Å². The Balaban J connectivity index is 2.51. The number of thioether (sulfide) groups is 1. The van der Waals surface area contributed by atoms with Gasteiger partial charge in [-0.1, -0.05) is 0 Å². The summed E-state index contributed by atoms with van der Waals surface area (Å²) in [4.78, 5) is 8.30. The van der Waals surface area contributed by atoms with Gasteiger partial charge in [0.2, 0.25) is 0 Å². The maximum absolute atomic E-state index is 10.9. The molecule has 0 aromatic carbocycles. The summed E-state index contributed by atoms with van der Waals surface area (Å²) < 4.78 is 21.9. The Bertz CT molecular complexity index is 434. The molecule has 1 N–H and O–H groups in total.